The summed E-state index contributed by atoms with van der Waals surface area (Å²) in [5, 5.41) is 6.67. The van der Waals surface area contributed by atoms with E-state index in [-0.39, 0.29) is 0 Å². The third-order valence-corrected chi connectivity index (χ3v) is 3.96. The van der Waals surface area contributed by atoms with Gasteiger partial charge in [-0.1, -0.05) is 13.8 Å². The standard InChI is InChI=1S/C14H23N3O/c1-11(2)14(6-7-14)10-17-13(15-3)16-9-12-5-4-8-18-12/h4-5,8,11H,6-7,9-10H2,1-3H3,(H2,15,16,17). The van der Waals surface area contributed by atoms with Crippen molar-refractivity contribution in [3.8, 4) is 0 Å². The molecule has 0 radical (unpaired) electrons. The molecule has 2 N–H and O–H groups in total. The van der Waals surface area contributed by atoms with Crippen LogP contribution in [0.15, 0.2) is 27.8 Å². The maximum Gasteiger partial charge on any atom is 0.191 e. The van der Waals surface area contributed by atoms with Crippen molar-refractivity contribution in [1.29, 1.82) is 0 Å². The number of hydrogen-bond acceptors (Lipinski definition) is 2. The molecule has 0 unspecified atom stereocenters. The summed E-state index contributed by atoms with van der Waals surface area (Å²) in [6, 6.07) is 3.85. The minimum absolute atomic E-state index is 0.488. The molecule has 4 nitrogen and oxygen atoms in total. The molecule has 1 aromatic rings. The zero-order chi connectivity index (χ0) is 13.0. The van der Waals surface area contributed by atoms with Crippen LogP contribution in [0.5, 0.6) is 0 Å². The third kappa shape index (κ3) is 3.06. The SMILES string of the molecule is CN=C(NCc1ccco1)NCC1(C(C)C)CC1. The van der Waals surface area contributed by atoms with E-state index in [1.807, 2.05) is 12.1 Å². The van der Waals surface area contributed by atoms with Gasteiger partial charge in [-0.25, -0.2) is 0 Å². The first-order valence-electron chi connectivity index (χ1n) is 6.63. The second-order valence-electron chi connectivity index (χ2n) is 5.38. The molecule has 1 fully saturated rings. The van der Waals surface area contributed by atoms with E-state index in [4.69, 9.17) is 4.42 Å². The van der Waals surface area contributed by atoms with Crippen LogP contribution in [-0.2, 0) is 6.54 Å². The van der Waals surface area contributed by atoms with Gasteiger partial charge in [0.25, 0.3) is 0 Å². The van der Waals surface area contributed by atoms with E-state index >= 15 is 0 Å². The molecule has 0 bridgehead atoms. The van der Waals surface area contributed by atoms with Gasteiger partial charge in [-0.2, -0.15) is 0 Å². The van der Waals surface area contributed by atoms with Crippen molar-refractivity contribution in [3.05, 3.63) is 24.2 Å². The average Bonchev–Trinajstić information content (AvgIpc) is 2.98. The monoisotopic (exact) mass is 249 g/mol. The highest BCUT2D eigenvalue weighted by molar-refractivity contribution is 5.79. The van der Waals surface area contributed by atoms with Crippen LogP contribution in [0, 0.1) is 11.3 Å². The van der Waals surface area contributed by atoms with E-state index in [2.05, 4.69) is 29.5 Å². The van der Waals surface area contributed by atoms with Crippen LogP contribution in [-0.4, -0.2) is 19.6 Å². The van der Waals surface area contributed by atoms with Crippen LogP contribution in [0.4, 0.5) is 0 Å². The van der Waals surface area contributed by atoms with Crippen LogP contribution in [0.1, 0.15) is 32.4 Å². The molecule has 1 heterocycles. The number of furan rings is 1. The molecule has 1 aromatic heterocycles. The molecule has 1 aliphatic rings. The van der Waals surface area contributed by atoms with Crippen molar-refractivity contribution in [1.82, 2.24) is 10.6 Å². The van der Waals surface area contributed by atoms with Gasteiger partial charge in [-0.3, -0.25) is 4.99 Å². The van der Waals surface area contributed by atoms with Crippen molar-refractivity contribution < 1.29 is 4.42 Å². The quantitative estimate of drug-likeness (QED) is 0.622. The van der Waals surface area contributed by atoms with E-state index in [1.54, 1.807) is 13.3 Å². The molecule has 0 aliphatic heterocycles. The van der Waals surface area contributed by atoms with Crippen molar-refractivity contribution in [3.63, 3.8) is 0 Å². The van der Waals surface area contributed by atoms with E-state index in [0.717, 1.165) is 24.2 Å². The normalized spacial score (nSPS) is 17.9. The highest BCUT2D eigenvalue weighted by Gasteiger charge is 2.45. The zero-order valence-electron chi connectivity index (χ0n) is 11.5. The Labute approximate surface area is 109 Å². The van der Waals surface area contributed by atoms with E-state index in [9.17, 15) is 0 Å². The minimum Gasteiger partial charge on any atom is -0.467 e. The predicted molar refractivity (Wildman–Crippen MR) is 73.4 cm³/mol. The van der Waals surface area contributed by atoms with Crippen LogP contribution < -0.4 is 10.6 Å². The minimum atomic E-state index is 0.488. The van der Waals surface area contributed by atoms with Crippen LogP contribution in [0.25, 0.3) is 0 Å². The zero-order valence-corrected chi connectivity index (χ0v) is 11.5. The average molecular weight is 249 g/mol. The fourth-order valence-corrected chi connectivity index (χ4v) is 2.18. The third-order valence-electron chi connectivity index (χ3n) is 3.96. The van der Waals surface area contributed by atoms with Gasteiger partial charge >= 0.3 is 0 Å². The molecule has 0 spiro atoms. The Hall–Kier alpha value is -1.45. The number of hydrogen-bond donors (Lipinski definition) is 2. The summed E-state index contributed by atoms with van der Waals surface area (Å²) in [4.78, 5) is 4.23. The molecule has 0 aromatic carbocycles. The molecule has 0 amide bonds. The Morgan fingerprint density at radius 3 is 2.72 bits per heavy atom. The first kappa shape index (κ1) is 13.0. The molecule has 0 saturated heterocycles. The van der Waals surface area contributed by atoms with Crippen LogP contribution in [0.3, 0.4) is 0 Å². The lowest BCUT2D eigenvalue weighted by molar-refractivity contribution is 0.355. The summed E-state index contributed by atoms with van der Waals surface area (Å²) in [5.41, 5.74) is 0.488. The first-order chi connectivity index (χ1) is 8.66. The van der Waals surface area contributed by atoms with Gasteiger partial charge in [0, 0.05) is 13.6 Å². The Bertz CT molecular complexity index is 391. The second kappa shape index (κ2) is 5.46. The van der Waals surface area contributed by atoms with E-state index in [0.29, 0.717) is 12.0 Å². The summed E-state index contributed by atoms with van der Waals surface area (Å²) in [5.74, 6) is 2.49. The van der Waals surface area contributed by atoms with Gasteiger partial charge in [0.05, 0.1) is 12.8 Å². The molecule has 100 valence electrons. The summed E-state index contributed by atoms with van der Waals surface area (Å²) < 4.78 is 5.28. The fourth-order valence-electron chi connectivity index (χ4n) is 2.18. The van der Waals surface area contributed by atoms with Crippen molar-refractivity contribution in [2.24, 2.45) is 16.3 Å². The van der Waals surface area contributed by atoms with Gasteiger partial charge in [-0.05, 0) is 36.3 Å². The molecule has 1 saturated carbocycles. The predicted octanol–water partition coefficient (Wildman–Crippen LogP) is 2.38. The van der Waals surface area contributed by atoms with Gasteiger partial charge in [0.2, 0.25) is 0 Å². The highest BCUT2D eigenvalue weighted by atomic mass is 16.3. The molecule has 2 rings (SSSR count). The smallest absolute Gasteiger partial charge is 0.191 e. The lowest BCUT2D eigenvalue weighted by atomic mass is 9.92. The topological polar surface area (TPSA) is 49.6 Å². The molecule has 1 aliphatic carbocycles. The number of guanidine groups is 1. The lowest BCUT2D eigenvalue weighted by Crippen LogP contribution is -2.40. The lowest BCUT2D eigenvalue weighted by Gasteiger charge is -2.21. The Kier molecular flexibility index (Phi) is 3.94. The van der Waals surface area contributed by atoms with E-state index < -0.39 is 0 Å². The summed E-state index contributed by atoms with van der Waals surface area (Å²) in [6.07, 6.45) is 4.34. The van der Waals surface area contributed by atoms with Gasteiger partial charge in [0.15, 0.2) is 5.96 Å². The van der Waals surface area contributed by atoms with Crippen molar-refractivity contribution in [2.45, 2.75) is 33.2 Å². The molecule has 4 heteroatoms. The first-order valence-corrected chi connectivity index (χ1v) is 6.63. The molecule has 18 heavy (non-hydrogen) atoms. The van der Waals surface area contributed by atoms with Crippen molar-refractivity contribution >= 4 is 5.96 Å². The number of nitrogens with zero attached hydrogens (tertiary/aromatic N) is 1. The van der Waals surface area contributed by atoms with Crippen LogP contribution in [0.2, 0.25) is 0 Å². The van der Waals surface area contributed by atoms with Crippen LogP contribution >= 0.6 is 0 Å². The number of nitrogens with one attached hydrogen (secondary N) is 2. The summed E-state index contributed by atoms with van der Waals surface area (Å²) in [7, 11) is 1.80. The molecular weight excluding hydrogens is 226 g/mol. The Morgan fingerprint density at radius 1 is 1.44 bits per heavy atom. The van der Waals surface area contributed by atoms with Gasteiger partial charge < -0.3 is 15.1 Å². The summed E-state index contributed by atoms with van der Waals surface area (Å²) >= 11 is 0. The maximum atomic E-state index is 5.28. The Balaban J connectivity index is 1.76. The largest absolute Gasteiger partial charge is 0.467 e. The fraction of sp³-hybridized carbons (Fsp3) is 0.643. The maximum absolute atomic E-state index is 5.28. The molecular formula is C14H23N3O. The highest BCUT2D eigenvalue weighted by Crippen LogP contribution is 2.51. The van der Waals surface area contributed by atoms with Crippen molar-refractivity contribution in [2.75, 3.05) is 13.6 Å². The summed E-state index contributed by atoms with van der Waals surface area (Å²) in [6.45, 7) is 6.27. The number of rotatable bonds is 5. The Morgan fingerprint density at radius 2 is 2.22 bits per heavy atom. The number of aliphatic imine (C=N–C) groups is 1. The second-order valence-corrected chi connectivity index (χ2v) is 5.38. The van der Waals surface area contributed by atoms with E-state index in [1.165, 1.54) is 12.8 Å². The van der Waals surface area contributed by atoms with Gasteiger partial charge in [-0.15, -0.1) is 0 Å². The molecule has 0 atom stereocenters. The van der Waals surface area contributed by atoms with Gasteiger partial charge in [0.1, 0.15) is 5.76 Å².